The van der Waals surface area contributed by atoms with Crippen molar-refractivity contribution in [3.63, 3.8) is 0 Å². The van der Waals surface area contributed by atoms with Gasteiger partial charge in [0.25, 0.3) is 0 Å². The van der Waals surface area contributed by atoms with Crippen LogP contribution in [0.1, 0.15) is 50.6 Å². The van der Waals surface area contributed by atoms with Gasteiger partial charge < -0.3 is 5.11 Å². The molecule has 1 aliphatic carbocycles. The van der Waals surface area contributed by atoms with Crippen molar-refractivity contribution in [3.05, 3.63) is 140 Å². The topological polar surface area (TPSA) is 37.3 Å². The Morgan fingerprint density at radius 1 is 0.622 bits per heavy atom. The van der Waals surface area contributed by atoms with E-state index in [0.717, 1.165) is 52.8 Å². The lowest BCUT2D eigenvalue weighted by Crippen LogP contribution is -2.02. The molecule has 2 nitrogen and oxygen atoms in total. The van der Waals surface area contributed by atoms with Gasteiger partial charge in [0.2, 0.25) is 0 Å². The molecule has 0 aliphatic heterocycles. The summed E-state index contributed by atoms with van der Waals surface area (Å²) >= 11 is 7.13. The molecular formula is C33H32Br2O2. The Labute approximate surface area is 236 Å². The largest absolute Gasteiger partial charge is 0.384 e. The molecule has 0 aromatic heterocycles. The Hall–Kier alpha value is -3.05. The minimum absolute atomic E-state index is 0. The van der Waals surface area contributed by atoms with Crippen LogP contribution in [0, 0.1) is 0 Å². The quantitative estimate of drug-likeness (QED) is 0.187. The van der Waals surface area contributed by atoms with Gasteiger partial charge in [-0.05, 0) is 45.2 Å². The Kier molecular flexibility index (Phi) is 10.6. The normalized spacial score (nSPS) is 13.2. The molecule has 1 unspecified atom stereocenters. The molecule has 0 heterocycles. The van der Waals surface area contributed by atoms with Crippen LogP contribution in [-0.4, -0.2) is 5.11 Å². The third-order valence-corrected chi connectivity index (χ3v) is 7.31. The van der Waals surface area contributed by atoms with E-state index < -0.39 is 6.10 Å². The van der Waals surface area contributed by atoms with E-state index in [1.165, 1.54) is 0 Å². The monoisotopic (exact) mass is 618 g/mol. The van der Waals surface area contributed by atoms with E-state index in [4.69, 9.17) is 0 Å². The first-order valence-electron chi connectivity index (χ1n) is 10.9. The van der Waals surface area contributed by atoms with Crippen molar-refractivity contribution in [2.24, 2.45) is 0 Å². The van der Waals surface area contributed by atoms with Gasteiger partial charge in [-0.15, -0.1) is 0 Å². The first-order valence-corrected chi connectivity index (χ1v) is 12.5. The second kappa shape index (κ2) is 13.0. The number of fused-ring (bicyclic) bond motifs is 4. The molecule has 4 heteroatoms. The summed E-state index contributed by atoms with van der Waals surface area (Å²) in [6.07, 6.45) is 1.50. The molecule has 5 aromatic carbocycles. The summed E-state index contributed by atoms with van der Waals surface area (Å²) in [4.78, 5) is 12.4. The molecule has 190 valence electrons. The summed E-state index contributed by atoms with van der Waals surface area (Å²) in [6.45, 7) is 0. The Morgan fingerprint density at radius 3 is 1.89 bits per heavy atom. The number of hydrogen-bond acceptors (Lipinski definition) is 2. The zero-order valence-electron chi connectivity index (χ0n) is 18.1. The third-order valence-electron chi connectivity index (χ3n) is 6.00. The Balaban J connectivity index is 0.000000241. The molecule has 1 atom stereocenters. The van der Waals surface area contributed by atoms with Crippen molar-refractivity contribution in [1.82, 2.24) is 0 Å². The van der Waals surface area contributed by atoms with Crippen molar-refractivity contribution in [3.8, 4) is 0 Å². The van der Waals surface area contributed by atoms with Gasteiger partial charge in [-0.25, -0.2) is 0 Å². The number of halogens is 2. The van der Waals surface area contributed by atoms with Gasteiger partial charge in [0.05, 0.1) is 0 Å². The lowest BCUT2D eigenvalue weighted by molar-refractivity contribution is 0.220. The van der Waals surface area contributed by atoms with E-state index >= 15 is 0 Å². The Morgan fingerprint density at radius 2 is 1.16 bits per heavy atom. The smallest absolute Gasteiger partial charge is 0.194 e. The SMILES string of the molecule is C.C.C.O=c1c2ccccc2cc(Br)c2ccccc12.OC1c2ccccc2C=C(Br)c2ccccc21. The molecule has 0 saturated heterocycles. The number of benzene rings is 4. The van der Waals surface area contributed by atoms with Gasteiger partial charge in [-0.2, -0.15) is 0 Å². The molecule has 0 radical (unpaired) electrons. The second-order valence-electron chi connectivity index (χ2n) is 8.07. The second-order valence-corrected chi connectivity index (χ2v) is 9.77. The highest BCUT2D eigenvalue weighted by atomic mass is 79.9. The average Bonchev–Trinajstić information content (AvgIpc) is 3.06. The van der Waals surface area contributed by atoms with Crippen molar-refractivity contribution >= 4 is 64.0 Å². The van der Waals surface area contributed by atoms with Gasteiger partial charge >= 0.3 is 0 Å². The molecule has 0 spiro atoms. The van der Waals surface area contributed by atoms with Gasteiger partial charge in [0, 0.05) is 19.7 Å². The van der Waals surface area contributed by atoms with E-state index in [9.17, 15) is 9.90 Å². The highest BCUT2D eigenvalue weighted by molar-refractivity contribution is 9.15. The zero-order chi connectivity index (χ0) is 23.7. The van der Waals surface area contributed by atoms with E-state index in [2.05, 4.69) is 37.9 Å². The lowest BCUT2D eigenvalue weighted by Gasteiger charge is -2.14. The minimum atomic E-state index is -0.561. The molecule has 0 bridgehead atoms. The van der Waals surface area contributed by atoms with Crippen LogP contribution in [0.25, 0.3) is 32.1 Å². The van der Waals surface area contributed by atoms with Crippen molar-refractivity contribution in [2.75, 3.05) is 0 Å². The predicted octanol–water partition coefficient (Wildman–Crippen LogP) is 10.00. The maximum Gasteiger partial charge on any atom is 0.194 e. The lowest BCUT2D eigenvalue weighted by atomic mass is 9.97. The maximum absolute atomic E-state index is 12.4. The fraction of sp³-hybridized carbons (Fsp3) is 0.121. The van der Waals surface area contributed by atoms with E-state index in [1.54, 1.807) is 0 Å². The summed E-state index contributed by atoms with van der Waals surface area (Å²) in [7, 11) is 0. The number of rotatable bonds is 0. The van der Waals surface area contributed by atoms with Crippen LogP contribution in [-0.2, 0) is 0 Å². The molecule has 0 saturated carbocycles. The van der Waals surface area contributed by atoms with Gasteiger partial charge in [-0.3, -0.25) is 4.79 Å². The van der Waals surface area contributed by atoms with E-state index in [-0.39, 0.29) is 27.7 Å². The summed E-state index contributed by atoms with van der Waals surface area (Å²) in [6, 6.07) is 33.2. The first-order chi connectivity index (χ1) is 16.5. The van der Waals surface area contributed by atoms with Crippen molar-refractivity contribution in [1.29, 1.82) is 0 Å². The molecule has 6 rings (SSSR count). The highest BCUT2D eigenvalue weighted by Crippen LogP contribution is 2.38. The molecule has 0 amide bonds. The standard InChI is InChI=1S/C15H11BrO.C15H9BrO.3CH4/c2*16-14-9-10-5-1-2-6-11(10)15(17)13-8-4-3-7-12(13)14;;;/h1-9,15,17H;1-9H;3*1H4. The first kappa shape index (κ1) is 30.2. The van der Waals surface area contributed by atoms with E-state index in [1.807, 2.05) is 103 Å². The maximum atomic E-state index is 12.4. The van der Waals surface area contributed by atoms with Crippen LogP contribution < -0.4 is 5.43 Å². The number of aliphatic hydroxyl groups is 1. The average molecular weight is 620 g/mol. The summed E-state index contributed by atoms with van der Waals surface area (Å²) in [5, 5.41) is 13.9. The molecular weight excluding hydrogens is 588 g/mol. The van der Waals surface area contributed by atoms with Crippen molar-refractivity contribution < 1.29 is 5.11 Å². The van der Waals surface area contributed by atoms with Crippen LogP contribution >= 0.6 is 31.9 Å². The van der Waals surface area contributed by atoms with Gasteiger partial charge in [-0.1, -0.05) is 151 Å². The van der Waals surface area contributed by atoms with E-state index in [0.29, 0.717) is 0 Å². The Bertz CT molecular complexity index is 1620. The molecule has 5 aromatic rings. The fourth-order valence-electron chi connectivity index (χ4n) is 4.30. The minimum Gasteiger partial charge on any atom is -0.384 e. The van der Waals surface area contributed by atoms with Gasteiger partial charge in [0.15, 0.2) is 5.43 Å². The highest BCUT2D eigenvalue weighted by Gasteiger charge is 2.20. The molecule has 1 N–H and O–H groups in total. The van der Waals surface area contributed by atoms with Crippen molar-refractivity contribution in [2.45, 2.75) is 28.4 Å². The van der Waals surface area contributed by atoms with Crippen LogP contribution in [0.2, 0.25) is 0 Å². The van der Waals surface area contributed by atoms with Crippen LogP contribution in [0.3, 0.4) is 0 Å². The van der Waals surface area contributed by atoms with Crippen LogP contribution in [0.5, 0.6) is 0 Å². The van der Waals surface area contributed by atoms with Gasteiger partial charge in [0.1, 0.15) is 6.10 Å². The number of hydrogen-bond donors (Lipinski definition) is 1. The predicted molar refractivity (Wildman–Crippen MR) is 169 cm³/mol. The molecule has 1 aliphatic rings. The van der Waals surface area contributed by atoms with Crippen LogP contribution in [0.15, 0.2) is 112 Å². The zero-order valence-corrected chi connectivity index (χ0v) is 21.3. The molecule has 37 heavy (non-hydrogen) atoms. The fourth-order valence-corrected chi connectivity index (χ4v) is 5.50. The summed E-state index contributed by atoms with van der Waals surface area (Å²) in [5.41, 5.74) is 4.09. The summed E-state index contributed by atoms with van der Waals surface area (Å²) < 4.78 is 1.96. The third kappa shape index (κ3) is 5.93. The van der Waals surface area contributed by atoms with Crippen LogP contribution in [0.4, 0.5) is 0 Å². The summed E-state index contributed by atoms with van der Waals surface area (Å²) in [5.74, 6) is 0. The number of aliphatic hydroxyl groups excluding tert-OH is 1. The molecule has 0 fully saturated rings.